The van der Waals surface area contributed by atoms with Gasteiger partial charge in [0, 0.05) is 5.02 Å². The van der Waals surface area contributed by atoms with Gasteiger partial charge in [0.2, 0.25) is 0 Å². The van der Waals surface area contributed by atoms with Crippen LogP contribution in [0.3, 0.4) is 0 Å². The summed E-state index contributed by atoms with van der Waals surface area (Å²) in [6.07, 6.45) is 0.651. The smallest absolute Gasteiger partial charge is 0.258 e. The van der Waals surface area contributed by atoms with Gasteiger partial charge in [0.25, 0.3) is 5.91 Å². The number of nitrogens with one attached hydrogen (secondary N) is 1. The van der Waals surface area contributed by atoms with Gasteiger partial charge in [-0.25, -0.2) is 0 Å². The Labute approximate surface area is 116 Å². The average Bonchev–Trinajstić information content (AvgIpc) is 2.33. The number of amides is 1. The molecule has 1 aromatic rings. The lowest BCUT2D eigenvalue weighted by atomic mass is 10.2. The molecule has 1 aromatic carbocycles. The van der Waals surface area contributed by atoms with Crippen molar-refractivity contribution in [3.8, 4) is 5.75 Å². The van der Waals surface area contributed by atoms with Crippen molar-refractivity contribution < 1.29 is 9.53 Å². The number of benzene rings is 1. The third kappa shape index (κ3) is 4.89. The van der Waals surface area contributed by atoms with E-state index < -0.39 is 0 Å². The van der Waals surface area contributed by atoms with E-state index in [0.29, 0.717) is 17.2 Å². The molecule has 0 spiro atoms. The quantitative estimate of drug-likeness (QED) is 0.784. The largest absolute Gasteiger partial charge is 0.484 e. The highest BCUT2D eigenvalue weighted by Crippen LogP contribution is 2.16. The van der Waals surface area contributed by atoms with Crippen molar-refractivity contribution in [2.24, 2.45) is 5.73 Å². The van der Waals surface area contributed by atoms with Crippen LogP contribution in [0.1, 0.15) is 13.3 Å². The maximum absolute atomic E-state index is 11.6. The van der Waals surface area contributed by atoms with Gasteiger partial charge in [0.15, 0.2) is 6.61 Å². The minimum atomic E-state index is -0.296. The van der Waals surface area contributed by atoms with Crippen molar-refractivity contribution in [2.45, 2.75) is 19.4 Å². The molecule has 0 bridgehead atoms. The Morgan fingerprint density at radius 2 is 2.33 bits per heavy atom. The Hall–Kier alpha value is -1.33. The lowest BCUT2D eigenvalue weighted by Crippen LogP contribution is -2.44. The topological polar surface area (TPSA) is 64.3 Å². The fourth-order valence-corrected chi connectivity index (χ4v) is 1.72. The number of rotatable bonds is 6. The second kappa shape index (κ2) is 7.18. The summed E-state index contributed by atoms with van der Waals surface area (Å²) in [7, 11) is 0. The zero-order valence-corrected chi connectivity index (χ0v) is 11.6. The number of nitrogens with two attached hydrogens (primary N) is 1. The van der Waals surface area contributed by atoms with E-state index in [-0.39, 0.29) is 23.5 Å². The molecular weight excluding hydrogens is 272 g/mol. The normalized spacial score (nSPS) is 11.7. The van der Waals surface area contributed by atoms with Gasteiger partial charge >= 0.3 is 0 Å². The Morgan fingerprint density at radius 1 is 1.61 bits per heavy atom. The molecule has 0 heterocycles. The highest BCUT2D eigenvalue weighted by Gasteiger charge is 2.13. The predicted molar refractivity (Wildman–Crippen MR) is 76.0 cm³/mol. The van der Waals surface area contributed by atoms with E-state index in [9.17, 15) is 4.79 Å². The van der Waals surface area contributed by atoms with E-state index in [1.54, 1.807) is 24.3 Å². The molecule has 1 rings (SSSR count). The number of hydrogen-bond acceptors (Lipinski definition) is 3. The van der Waals surface area contributed by atoms with Crippen molar-refractivity contribution >= 4 is 34.7 Å². The van der Waals surface area contributed by atoms with Gasteiger partial charge in [-0.1, -0.05) is 36.8 Å². The Morgan fingerprint density at radius 3 is 2.89 bits per heavy atom. The number of carbonyl (C=O) groups is 1. The minimum Gasteiger partial charge on any atom is -0.484 e. The van der Waals surface area contributed by atoms with E-state index in [4.69, 9.17) is 34.3 Å². The third-order valence-electron chi connectivity index (χ3n) is 2.25. The lowest BCUT2D eigenvalue weighted by molar-refractivity contribution is -0.123. The Kier molecular flexibility index (Phi) is 5.88. The molecule has 1 amide bonds. The summed E-state index contributed by atoms with van der Waals surface area (Å²) >= 11 is 10.6. The van der Waals surface area contributed by atoms with E-state index in [0.717, 1.165) is 0 Å². The first-order valence-electron chi connectivity index (χ1n) is 5.50. The van der Waals surface area contributed by atoms with Crippen LogP contribution >= 0.6 is 23.8 Å². The van der Waals surface area contributed by atoms with Crippen molar-refractivity contribution in [2.75, 3.05) is 6.61 Å². The summed E-state index contributed by atoms with van der Waals surface area (Å²) in [5.74, 6) is 0.274. The molecule has 0 saturated heterocycles. The van der Waals surface area contributed by atoms with Crippen molar-refractivity contribution in [1.82, 2.24) is 5.32 Å². The number of carbonyl (C=O) groups excluding carboxylic acids is 1. The zero-order chi connectivity index (χ0) is 13.5. The van der Waals surface area contributed by atoms with Crippen LogP contribution < -0.4 is 15.8 Å². The van der Waals surface area contributed by atoms with Gasteiger partial charge < -0.3 is 15.8 Å². The maximum Gasteiger partial charge on any atom is 0.258 e. The third-order valence-corrected chi connectivity index (χ3v) is 2.77. The van der Waals surface area contributed by atoms with Gasteiger partial charge in [-0.15, -0.1) is 0 Å². The summed E-state index contributed by atoms with van der Waals surface area (Å²) in [5.41, 5.74) is 5.48. The molecular formula is C12H15ClN2O2S. The first kappa shape index (κ1) is 14.7. The number of ether oxygens (including phenoxy) is 1. The molecule has 18 heavy (non-hydrogen) atoms. The fraction of sp³-hybridized carbons (Fsp3) is 0.333. The maximum atomic E-state index is 11.6. The van der Waals surface area contributed by atoms with Crippen LogP contribution in [0, 0.1) is 0 Å². The number of halogens is 1. The Bertz CT molecular complexity index is 440. The van der Waals surface area contributed by atoms with E-state index in [2.05, 4.69) is 5.32 Å². The van der Waals surface area contributed by atoms with Crippen molar-refractivity contribution in [1.29, 1.82) is 0 Å². The van der Waals surface area contributed by atoms with Gasteiger partial charge in [0.1, 0.15) is 5.75 Å². The first-order valence-corrected chi connectivity index (χ1v) is 6.28. The first-order chi connectivity index (χ1) is 8.52. The highest BCUT2D eigenvalue weighted by molar-refractivity contribution is 7.80. The van der Waals surface area contributed by atoms with Gasteiger partial charge in [-0.05, 0) is 24.6 Å². The summed E-state index contributed by atoms with van der Waals surface area (Å²) in [6.45, 7) is 1.79. The van der Waals surface area contributed by atoms with Gasteiger partial charge in [-0.2, -0.15) is 0 Å². The predicted octanol–water partition coefficient (Wildman–Crippen LogP) is 1.90. The second-order valence-corrected chi connectivity index (χ2v) is 4.58. The van der Waals surface area contributed by atoms with E-state index >= 15 is 0 Å². The molecule has 3 N–H and O–H groups in total. The second-order valence-electron chi connectivity index (χ2n) is 3.68. The molecule has 1 atom stereocenters. The summed E-state index contributed by atoms with van der Waals surface area (Å²) in [6, 6.07) is 6.55. The molecule has 0 aliphatic carbocycles. The summed E-state index contributed by atoms with van der Waals surface area (Å²) in [4.78, 5) is 11.9. The molecule has 6 heteroatoms. The van der Waals surface area contributed by atoms with Crippen LogP contribution in [0.5, 0.6) is 5.75 Å². The molecule has 1 unspecified atom stereocenters. The summed E-state index contributed by atoms with van der Waals surface area (Å²) < 4.78 is 5.29. The molecule has 4 nitrogen and oxygen atoms in total. The van der Waals surface area contributed by atoms with Crippen molar-refractivity contribution in [3.05, 3.63) is 29.3 Å². The molecule has 0 aliphatic rings. The van der Waals surface area contributed by atoms with Gasteiger partial charge in [-0.3, -0.25) is 4.79 Å². The van der Waals surface area contributed by atoms with Crippen LogP contribution in [-0.4, -0.2) is 23.5 Å². The van der Waals surface area contributed by atoms with Crippen LogP contribution in [0.4, 0.5) is 0 Å². The number of thiocarbonyl (C=S) groups is 1. The molecule has 0 radical (unpaired) electrons. The highest BCUT2D eigenvalue weighted by atomic mass is 35.5. The van der Waals surface area contributed by atoms with Crippen LogP contribution in [0.25, 0.3) is 0 Å². The minimum absolute atomic E-state index is 0.0978. The number of hydrogen-bond donors (Lipinski definition) is 2. The van der Waals surface area contributed by atoms with E-state index in [1.807, 2.05) is 6.92 Å². The van der Waals surface area contributed by atoms with Crippen LogP contribution in [0.15, 0.2) is 24.3 Å². The molecule has 0 aliphatic heterocycles. The molecule has 98 valence electrons. The standard InChI is InChI=1S/C12H15ClN2O2S/c1-2-10(12(14)18)15-11(16)7-17-9-5-3-4-8(13)6-9/h3-6,10H,2,7H2,1H3,(H2,14,18)(H,15,16). The molecule has 0 fully saturated rings. The van der Waals surface area contributed by atoms with Crippen LogP contribution in [-0.2, 0) is 4.79 Å². The average molecular weight is 287 g/mol. The van der Waals surface area contributed by atoms with Crippen molar-refractivity contribution in [3.63, 3.8) is 0 Å². The van der Waals surface area contributed by atoms with Crippen LogP contribution in [0.2, 0.25) is 5.02 Å². The lowest BCUT2D eigenvalue weighted by Gasteiger charge is -2.15. The summed E-state index contributed by atoms with van der Waals surface area (Å²) in [5, 5.41) is 3.25. The SMILES string of the molecule is CCC(NC(=O)COc1cccc(Cl)c1)C(N)=S. The van der Waals surface area contributed by atoms with E-state index in [1.165, 1.54) is 0 Å². The Balaban J connectivity index is 2.44. The van der Waals surface area contributed by atoms with Gasteiger partial charge in [0.05, 0.1) is 11.0 Å². The monoisotopic (exact) mass is 286 g/mol. The fourth-order valence-electron chi connectivity index (χ4n) is 1.32. The molecule has 0 aromatic heterocycles. The zero-order valence-electron chi connectivity index (χ0n) is 9.98. The molecule has 0 saturated carbocycles.